The number of ether oxygens (including phenoxy) is 1. The van der Waals surface area contributed by atoms with Gasteiger partial charge in [0.2, 0.25) is 4.93 Å². The van der Waals surface area contributed by atoms with Crippen LogP contribution in [0.2, 0.25) is 0 Å². The number of rotatable bonds is 1. The highest BCUT2D eigenvalue weighted by molar-refractivity contribution is 7.82. The number of thiol groups is 1. The number of aliphatic carboxylic acids is 1. The summed E-state index contributed by atoms with van der Waals surface area (Å²) < 4.78 is 4.93. The van der Waals surface area contributed by atoms with Crippen molar-refractivity contribution in [3.8, 4) is 0 Å². The molecule has 0 saturated carbocycles. The van der Waals surface area contributed by atoms with E-state index in [1.165, 1.54) is 0 Å². The Hall–Kier alpha value is -0.260. The Kier molecular flexibility index (Phi) is 2.18. The summed E-state index contributed by atoms with van der Waals surface area (Å²) in [6.07, 6.45) is 0. The lowest BCUT2D eigenvalue weighted by Gasteiger charge is -2.28. The Labute approximate surface area is 64.0 Å². The lowest BCUT2D eigenvalue weighted by atomic mass is 10.3. The molecule has 0 bridgehead atoms. The van der Waals surface area contributed by atoms with Crippen LogP contribution >= 0.6 is 12.6 Å². The van der Waals surface area contributed by atoms with Crippen LogP contribution in [0.5, 0.6) is 0 Å². The van der Waals surface area contributed by atoms with Gasteiger partial charge >= 0.3 is 5.97 Å². The highest BCUT2D eigenvalue weighted by atomic mass is 32.1. The van der Waals surface area contributed by atoms with Gasteiger partial charge in [-0.2, -0.15) is 0 Å². The molecule has 1 saturated heterocycles. The number of carbonyl (C=O) groups is 1. The molecule has 10 heavy (non-hydrogen) atoms. The van der Waals surface area contributed by atoms with Crippen molar-refractivity contribution < 1.29 is 14.6 Å². The zero-order valence-electron chi connectivity index (χ0n) is 5.33. The standard InChI is InChI=1S/C5H9NO3S/c7-4(8)5(10)3-6-1-2-9-5/h6,10H,1-3H2,(H,7,8). The molecule has 1 fully saturated rings. The third-order valence-corrected chi connectivity index (χ3v) is 1.80. The van der Waals surface area contributed by atoms with Gasteiger partial charge in [0.1, 0.15) is 0 Å². The predicted molar refractivity (Wildman–Crippen MR) is 38.2 cm³/mol. The van der Waals surface area contributed by atoms with E-state index in [1.54, 1.807) is 0 Å². The zero-order valence-corrected chi connectivity index (χ0v) is 6.23. The maximum absolute atomic E-state index is 10.4. The Morgan fingerprint density at radius 3 is 2.80 bits per heavy atom. The first kappa shape index (κ1) is 7.84. The van der Waals surface area contributed by atoms with Crippen LogP contribution in [0.25, 0.3) is 0 Å². The average Bonchev–Trinajstić information content (AvgIpc) is 1.89. The molecule has 0 aromatic heterocycles. The second kappa shape index (κ2) is 2.77. The second-order valence-electron chi connectivity index (χ2n) is 2.11. The molecule has 0 spiro atoms. The third-order valence-electron chi connectivity index (χ3n) is 1.32. The number of nitrogens with one attached hydrogen (secondary N) is 1. The van der Waals surface area contributed by atoms with E-state index in [0.29, 0.717) is 13.2 Å². The third kappa shape index (κ3) is 1.42. The molecule has 1 rings (SSSR count). The molecule has 1 aliphatic rings. The summed E-state index contributed by atoms with van der Waals surface area (Å²) in [4.78, 5) is 9.11. The van der Waals surface area contributed by atoms with Gasteiger partial charge in [-0.1, -0.05) is 0 Å². The van der Waals surface area contributed by atoms with E-state index in [-0.39, 0.29) is 6.54 Å². The molecule has 0 radical (unpaired) electrons. The van der Waals surface area contributed by atoms with E-state index in [1.807, 2.05) is 0 Å². The second-order valence-corrected chi connectivity index (χ2v) is 2.84. The van der Waals surface area contributed by atoms with Crippen molar-refractivity contribution in [1.82, 2.24) is 5.32 Å². The van der Waals surface area contributed by atoms with Crippen molar-refractivity contribution in [3.05, 3.63) is 0 Å². The smallest absolute Gasteiger partial charge is 0.347 e. The van der Waals surface area contributed by atoms with Gasteiger partial charge in [-0.15, -0.1) is 12.6 Å². The largest absolute Gasteiger partial charge is 0.478 e. The van der Waals surface area contributed by atoms with Crippen LogP contribution in [0.4, 0.5) is 0 Å². The van der Waals surface area contributed by atoms with Gasteiger partial charge in [0.05, 0.1) is 6.61 Å². The quantitative estimate of drug-likeness (QED) is 0.448. The zero-order chi connectivity index (χ0) is 7.61. The van der Waals surface area contributed by atoms with Gasteiger partial charge < -0.3 is 15.2 Å². The maximum Gasteiger partial charge on any atom is 0.347 e. The summed E-state index contributed by atoms with van der Waals surface area (Å²) in [7, 11) is 0. The monoisotopic (exact) mass is 163 g/mol. The fraction of sp³-hybridized carbons (Fsp3) is 0.800. The molecular weight excluding hydrogens is 154 g/mol. The first-order chi connectivity index (χ1) is 4.65. The molecule has 0 aromatic rings. The van der Waals surface area contributed by atoms with Gasteiger partial charge in [0.15, 0.2) is 0 Å². The maximum atomic E-state index is 10.4. The molecule has 1 unspecified atom stereocenters. The normalized spacial score (nSPS) is 33.7. The van der Waals surface area contributed by atoms with Crippen LogP contribution in [0.3, 0.4) is 0 Å². The van der Waals surface area contributed by atoms with Crippen molar-refractivity contribution >= 4 is 18.6 Å². The Morgan fingerprint density at radius 2 is 2.50 bits per heavy atom. The minimum Gasteiger partial charge on any atom is -0.478 e. The molecule has 58 valence electrons. The van der Waals surface area contributed by atoms with E-state index in [0.717, 1.165) is 0 Å². The number of carboxylic acids is 1. The van der Waals surface area contributed by atoms with Crippen LogP contribution in [0.15, 0.2) is 0 Å². The van der Waals surface area contributed by atoms with E-state index < -0.39 is 10.9 Å². The van der Waals surface area contributed by atoms with E-state index in [2.05, 4.69) is 17.9 Å². The Balaban J connectivity index is 2.56. The first-order valence-corrected chi connectivity index (χ1v) is 3.40. The topological polar surface area (TPSA) is 58.6 Å². The van der Waals surface area contributed by atoms with Gasteiger partial charge in [-0.05, 0) is 0 Å². The Morgan fingerprint density at radius 1 is 1.80 bits per heavy atom. The van der Waals surface area contributed by atoms with Crippen molar-refractivity contribution in [1.29, 1.82) is 0 Å². The summed E-state index contributed by atoms with van der Waals surface area (Å²) in [5.74, 6) is -1.04. The van der Waals surface area contributed by atoms with E-state index in [4.69, 9.17) is 9.84 Å². The van der Waals surface area contributed by atoms with E-state index >= 15 is 0 Å². The molecule has 5 heteroatoms. The highest BCUT2D eigenvalue weighted by Gasteiger charge is 2.37. The average molecular weight is 163 g/mol. The number of carboxylic acid groups (broad SMARTS) is 1. The van der Waals surface area contributed by atoms with Gasteiger partial charge in [0.25, 0.3) is 0 Å². The van der Waals surface area contributed by atoms with Crippen molar-refractivity contribution in [3.63, 3.8) is 0 Å². The summed E-state index contributed by atoms with van der Waals surface area (Å²) >= 11 is 3.86. The van der Waals surface area contributed by atoms with Crippen molar-refractivity contribution in [2.45, 2.75) is 4.93 Å². The summed E-state index contributed by atoms with van der Waals surface area (Å²) in [5, 5.41) is 11.4. The highest BCUT2D eigenvalue weighted by Crippen LogP contribution is 2.17. The van der Waals surface area contributed by atoms with Crippen molar-refractivity contribution in [2.24, 2.45) is 0 Å². The fourth-order valence-electron chi connectivity index (χ4n) is 0.738. The molecule has 4 nitrogen and oxygen atoms in total. The minimum absolute atomic E-state index is 0.255. The van der Waals surface area contributed by atoms with Crippen LogP contribution < -0.4 is 5.32 Å². The number of hydrogen-bond donors (Lipinski definition) is 3. The number of hydrogen-bond acceptors (Lipinski definition) is 4. The summed E-state index contributed by atoms with van der Waals surface area (Å²) in [5.41, 5.74) is 0. The fourth-order valence-corrected chi connectivity index (χ4v) is 0.941. The SMILES string of the molecule is O=C(O)C1(S)CNCCO1. The predicted octanol–water partition coefficient (Wildman–Crippen LogP) is -0.683. The molecular formula is C5H9NO3S. The summed E-state index contributed by atoms with van der Waals surface area (Å²) in [6, 6.07) is 0. The molecule has 2 N–H and O–H groups in total. The molecule has 0 aromatic carbocycles. The summed E-state index contributed by atoms with van der Waals surface area (Å²) in [6.45, 7) is 1.34. The molecule has 0 amide bonds. The first-order valence-electron chi connectivity index (χ1n) is 2.95. The van der Waals surface area contributed by atoms with Crippen LogP contribution in [0, 0.1) is 0 Å². The van der Waals surface area contributed by atoms with Crippen LogP contribution in [-0.2, 0) is 9.53 Å². The molecule has 1 heterocycles. The molecule has 1 aliphatic heterocycles. The lowest BCUT2D eigenvalue weighted by molar-refractivity contribution is -0.155. The van der Waals surface area contributed by atoms with Crippen molar-refractivity contribution in [2.75, 3.05) is 19.7 Å². The molecule has 1 atom stereocenters. The van der Waals surface area contributed by atoms with Gasteiger partial charge in [-0.3, -0.25) is 0 Å². The van der Waals surface area contributed by atoms with Gasteiger partial charge in [0, 0.05) is 13.1 Å². The van der Waals surface area contributed by atoms with Gasteiger partial charge in [-0.25, -0.2) is 4.79 Å². The van der Waals surface area contributed by atoms with E-state index in [9.17, 15) is 4.79 Å². The minimum atomic E-state index is -1.32. The number of morpholine rings is 1. The molecule has 0 aliphatic carbocycles. The lowest BCUT2D eigenvalue weighted by Crippen LogP contribution is -2.51. The van der Waals surface area contributed by atoms with Crippen LogP contribution in [0.1, 0.15) is 0 Å². The van der Waals surface area contributed by atoms with Crippen LogP contribution in [-0.4, -0.2) is 35.7 Å². The Bertz CT molecular complexity index is 144.